The summed E-state index contributed by atoms with van der Waals surface area (Å²) in [5.74, 6) is 0.297. The molecule has 1 aliphatic rings. The summed E-state index contributed by atoms with van der Waals surface area (Å²) in [6.07, 6.45) is -0.852. The van der Waals surface area contributed by atoms with Crippen molar-refractivity contribution in [1.82, 2.24) is 0 Å². The Labute approximate surface area is 105 Å². The van der Waals surface area contributed by atoms with Crippen molar-refractivity contribution in [2.24, 2.45) is 0 Å². The van der Waals surface area contributed by atoms with Gasteiger partial charge >= 0.3 is 5.97 Å². The van der Waals surface area contributed by atoms with Crippen molar-refractivity contribution < 1.29 is 23.8 Å². The first-order valence-electron chi connectivity index (χ1n) is 5.70. The molecular weight excluding hydrogens is 236 g/mol. The Hall–Kier alpha value is -2.04. The number of ether oxygens (including phenoxy) is 3. The summed E-state index contributed by atoms with van der Waals surface area (Å²) < 4.78 is 15.4. The number of hydrogen-bond acceptors (Lipinski definition) is 5. The van der Waals surface area contributed by atoms with Crippen LogP contribution < -0.4 is 9.47 Å². The van der Waals surface area contributed by atoms with Gasteiger partial charge < -0.3 is 14.2 Å². The van der Waals surface area contributed by atoms with Crippen molar-refractivity contribution in [2.75, 3.05) is 13.7 Å². The largest absolute Gasteiger partial charge is 0.497 e. The van der Waals surface area contributed by atoms with Crippen LogP contribution >= 0.6 is 0 Å². The molecule has 0 N–H and O–H groups in total. The van der Waals surface area contributed by atoms with Gasteiger partial charge in [0, 0.05) is 6.07 Å². The fourth-order valence-electron chi connectivity index (χ4n) is 1.80. The highest BCUT2D eigenvalue weighted by atomic mass is 16.6. The molecule has 0 aromatic heterocycles. The first-order valence-corrected chi connectivity index (χ1v) is 5.70. The second kappa shape index (κ2) is 5.08. The van der Waals surface area contributed by atoms with E-state index >= 15 is 0 Å². The lowest BCUT2D eigenvalue weighted by Crippen LogP contribution is -2.35. The van der Waals surface area contributed by atoms with Gasteiger partial charge in [-0.05, 0) is 19.1 Å². The van der Waals surface area contributed by atoms with Crippen LogP contribution in [0.5, 0.6) is 11.5 Å². The Balaban J connectivity index is 2.26. The second-order valence-corrected chi connectivity index (χ2v) is 3.85. The molecule has 0 fully saturated rings. The average Bonchev–Trinajstić information content (AvgIpc) is 2.38. The molecule has 2 rings (SSSR count). The zero-order chi connectivity index (χ0) is 13.1. The maximum absolute atomic E-state index is 11.9. The van der Waals surface area contributed by atoms with E-state index in [0.717, 1.165) is 0 Å². The molecule has 1 heterocycles. The normalized spacial score (nSPS) is 17.7. The van der Waals surface area contributed by atoms with Crippen molar-refractivity contribution in [3.8, 4) is 11.5 Å². The van der Waals surface area contributed by atoms with Crippen molar-refractivity contribution in [2.45, 2.75) is 19.4 Å². The third-order valence-corrected chi connectivity index (χ3v) is 2.68. The summed E-state index contributed by atoms with van der Waals surface area (Å²) in [4.78, 5) is 23.5. The molecule has 0 amide bonds. The van der Waals surface area contributed by atoms with Crippen LogP contribution in [-0.2, 0) is 9.53 Å². The molecule has 0 bridgehead atoms. The highest BCUT2D eigenvalue weighted by Gasteiger charge is 2.32. The molecule has 0 saturated carbocycles. The second-order valence-electron chi connectivity index (χ2n) is 3.85. The van der Waals surface area contributed by atoms with E-state index in [9.17, 15) is 9.59 Å². The van der Waals surface area contributed by atoms with Crippen molar-refractivity contribution >= 4 is 11.8 Å². The van der Waals surface area contributed by atoms with Crippen molar-refractivity contribution in [3.05, 3.63) is 23.8 Å². The number of rotatable bonds is 3. The molecule has 1 aliphatic heterocycles. The Kier molecular flexibility index (Phi) is 3.50. The van der Waals surface area contributed by atoms with Crippen LogP contribution in [0, 0.1) is 0 Å². The van der Waals surface area contributed by atoms with Gasteiger partial charge in [-0.2, -0.15) is 0 Å². The Morgan fingerprint density at radius 3 is 2.94 bits per heavy atom. The van der Waals surface area contributed by atoms with E-state index in [4.69, 9.17) is 14.2 Å². The van der Waals surface area contributed by atoms with E-state index in [1.165, 1.54) is 7.11 Å². The fraction of sp³-hybridized carbons (Fsp3) is 0.385. The summed E-state index contributed by atoms with van der Waals surface area (Å²) in [6, 6.07) is 4.92. The molecular formula is C13H14O5. The number of carbonyl (C=O) groups is 2. The van der Waals surface area contributed by atoms with Crippen LogP contribution in [0.1, 0.15) is 23.7 Å². The highest BCUT2D eigenvalue weighted by Crippen LogP contribution is 2.31. The molecule has 0 radical (unpaired) electrons. The lowest BCUT2D eigenvalue weighted by atomic mass is 10.0. The lowest BCUT2D eigenvalue weighted by Gasteiger charge is -2.23. The molecule has 5 heteroatoms. The molecule has 1 atom stereocenters. The van der Waals surface area contributed by atoms with Gasteiger partial charge in [0.15, 0.2) is 5.78 Å². The van der Waals surface area contributed by atoms with Crippen LogP contribution in [-0.4, -0.2) is 31.6 Å². The molecule has 0 spiro atoms. The highest BCUT2D eigenvalue weighted by molar-refractivity contribution is 6.02. The van der Waals surface area contributed by atoms with Gasteiger partial charge in [-0.3, -0.25) is 4.79 Å². The Morgan fingerprint density at radius 2 is 2.28 bits per heavy atom. The third-order valence-electron chi connectivity index (χ3n) is 2.68. The number of Topliss-reactive ketones (excluding diaryl/α,β-unsaturated/α-hetero) is 1. The predicted octanol–water partition coefficient (Wildman–Crippen LogP) is 1.59. The van der Waals surface area contributed by atoms with E-state index in [1.807, 2.05) is 0 Å². The SMILES string of the molecule is CCOC(=O)[C@@H]1CC(=O)c2ccc(OC)cc2O1. The zero-order valence-electron chi connectivity index (χ0n) is 10.3. The molecule has 1 aromatic rings. The monoisotopic (exact) mass is 250 g/mol. The van der Waals surface area contributed by atoms with Gasteiger partial charge in [-0.1, -0.05) is 0 Å². The van der Waals surface area contributed by atoms with E-state index in [0.29, 0.717) is 17.1 Å². The fourth-order valence-corrected chi connectivity index (χ4v) is 1.80. The maximum atomic E-state index is 11.9. The predicted molar refractivity (Wildman–Crippen MR) is 63.0 cm³/mol. The summed E-state index contributed by atoms with van der Waals surface area (Å²) in [5, 5.41) is 0. The maximum Gasteiger partial charge on any atom is 0.347 e. The minimum absolute atomic E-state index is 0.0121. The smallest absolute Gasteiger partial charge is 0.347 e. The van der Waals surface area contributed by atoms with Crippen LogP contribution in [0.25, 0.3) is 0 Å². The number of ketones is 1. The van der Waals surface area contributed by atoms with Crippen LogP contribution in [0.4, 0.5) is 0 Å². The van der Waals surface area contributed by atoms with Gasteiger partial charge in [0.25, 0.3) is 0 Å². The van der Waals surface area contributed by atoms with Gasteiger partial charge in [0.1, 0.15) is 11.5 Å². The molecule has 0 unspecified atom stereocenters. The Morgan fingerprint density at radius 1 is 1.50 bits per heavy atom. The zero-order valence-corrected chi connectivity index (χ0v) is 10.3. The third kappa shape index (κ3) is 2.30. The van der Waals surface area contributed by atoms with Gasteiger partial charge in [-0.15, -0.1) is 0 Å². The van der Waals surface area contributed by atoms with E-state index in [2.05, 4.69) is 0 Å². The van der Waals surface area contributed by atoms with Crippen molar-refractivity contribution in [3.63, 3.8) is 0 Å². The number of hydrogen-bond donors (Lipinski definition) is 0. The van der Waals surface area contributed by atoms with Gasteiger partial charge in [0.2, 0.25) is 6.10 Å². The minimum Gasteiger partial charge on any atom is -0.497 e. The van der Waals surface area contributed by atoms with Crippen LogP contribution in [0.3, 0.4) is 0 Å². The summed E-state index contributed by atoms with van der Waals surface area (Å²) in [7, 11) is 1.52. The van der Waals surface area contributed by atoms with Crippen molar-refractivity contribution in [1.29, 1.82) is 0 Å². The lowest BCUT2D eigenvalue weighted by molar-refractivity contribution is -0.151. The summed E-state index contributed by atoms with van der Waals surface area (Å²) in [5.41, 5.74) is 0.469. The molecule has 0 saturated heterocycles. The van der Waals surface area contributed by atoms with Crippen LogP contribution in [0.15, 0.2) is 18.2 Å². The molecule has 5 nitrogen and oxygen atoms in total. The standard InChI is InChI=1S/C13H14O5/c1-3-17-13(15)12-7-10(14)9-5-4-8(16-2)6-11(9)18-12/h4-6,12H,3,7H2,1-2H3/t12-/m0/s1. The molecule has 96 valence electrons. The average molecular weight is 250 g/mol. The molecule has 0 aliphatic carbocycles. The molecule has 1 aromatic carbocycles. The van der Waals surface area contributed by atoms with E-state index in [-0.39, 0.29) is 18.8 Å². The number of methoxy groups -OCH3 is 1. The quantitative estimate of drug-likeness (QED) is 0.762. The number of fused-ring (bicyclic) bond motifs is 1. The minimum atomic E-state index is -0.864. The van der Waals surface area contributed by atoms with Gasteiger partial charge in [-0.25, -0.2) is 4.79 Å². The number of benzene rings is 1. The topological polar surface area (TPSA) is 61.8 Å². The number of carbonyl (C=O) groups excluding carboxylic acids is 2. The summed E-state index contributed by atoms with van der Waals surface area (Å²) >= 11 is 0. The van der Waals surface area contributed by atoms with Gasteiger partial charge in [0.05, 0.1) is 25.7 Å². The number of esters is 1. The Bertz CT molecular complexity index is 480. The molecule has 18 heavy (non-hydrogen) atoms. The van der Waals surface area contributed by atoms with E-state index < -0.39 is 12.1 Å². The van der Waals surface area contributed by atoms with E-state index in [1.54, 1.807) is 25.1 Å². The summed E-state index contributed by atoms with van der Waals surface area (Å²) in [6.45, 7) is 1.97. The first kappa shape index (κ1) is 12.4. The van der Waals surface area contributed by atoms with Crippen LogP contribution in [0.2, 0.25) is 0 Å². The first-order chi connectivity index (χ1) is 8.65.